The smallest absolute Gasteiger partial charge is 0.274 e. The van der Waals surface area contributed by atoms with Gasteiger partial charge in [-0.15, -0.1) is 0 Å². The van der Waals surface area contributed by atoms with Gasteiger partial charge in [0.1, 0.15) is 18.2 Å². The number of hydrogen-bond acceptors (Lipinski definition) is 8. The molecule has 5 rings (SSSR count). The lowest BCUT2D eigenvalue weighted by atomic mass is 9.93. The second-order valence-electron chi connectivity index (χ2n) is 10.4. The minimum Gasteiger partial charge on any atom is -0.395 e. The van der Waals surface area contributed by atoms with Crippen LogP contribution in [-0.4, -0.2) is 67.2 Å². The fraction of sp³-hybridized carbons (Fsp3) is 0.556. The van der Waals surface area contributed by atoms with E-state index in [-0.39, 0.29) is 50.9 Å². The summed E-state index contributed by atoms with van der Waals surface area (Å²) < 4.78 is 32.6. The Labute approximate surface area is 226 Å². The van der Waals surface area contributed by atoms with E-state index in [1.165, 1.54) is 24.9 Å². The van der Waals surface area contributed by atoms with E-state index in [1.54, 1.807) is 18.2 Å². The molecule has 0 radical (unpaired) electrons. The number of piperidine rings is 2. The molecule has 2 saturated heterocycles. The van der Waals surface area contributed by atoms with Gasteiger partial charge in [-0.3, -0.25) is 8.98 Å². The van der Waals surface area contributed by atoms with Crippen molar-refractivity contribution in [3.05, 3.63) is 42.1 Å². The summed E-state index contributed by atoms with van der Waals surface area (Å²) in [5.41, 5.74) is 3.29. The Morgan fingerprint density at radius 2 is 1.76 bits per heavy atom. The first kappa shape index (κ1) is 27.0. The van der Waals surface area contributed by atoms with E-state index in [1.807, 2.05) is 23.1 Å². The third-order valence-electron chi connectivity index (χ3n) is 7.75. The summed E-state index contributed by atoms with van der Waals surface area (Å²) in [5.74, 6) is -1.93. The molecule has 3 fully saturated rings. The molecule has 3 heterocycles. The van der Waals surface area contributed by atoms with Gasteiger partial charge in [0.15, 0.2) is 0 Å². The Kier molecular flexibility index (Phi) is 8.25. The van der Waals surface area contributed by atoms with E-state index in [2.05, 4.69) is 20.5 Å². The van der Waals surface area contributed by atoms with Gasteiger partial charge in [0.05, 0.1) is 18.0 Å². The molecule has 1 aliphatic carbocycles. The molecular weight excluding hydrogens is 512 g/mol. The number of anilines is 4. The van der Waals surface area contributed by atoms with Crippen LogP contribution in [0.5, 0.6) is 0 Å². The molecule has 1 amide bonds. The highest BCUT2D eigenvalue weighted by Crippen LogP contribution is 2.54. The number of carbonyl (C=O) groups excluding carboxylic acids is 1. The zero-order chi connectivity index (χ0) is 26.6. The van der Waals surface area contributed by atoms with Gasteiger partial charge in [0, 0.05) is 50.5 Å². The zero-order valence-corrected chi connectivity index (χ0v) is 22.2. The molecule has 0 unspecified atom stereocenters. The van der Waals surface area contributed by atoms with Crippen LogP contribution in [0, 0.1) is 5.41 Å². The minimum absolute atomic E-state index is 0.0609. The van der Waals surface area contributed by atoms with E-state index in [0.29, 0.717) is 22.7 Å². The number of nitrogens with zero attached hydrogens (tertiary/aromatic N) is 3. The predicted molar refractivity (Wildman–Crippen MR) is 147 cm³/mol. The highest BCUT2D eigenvalue weighted by Gasteiger charge is 2.44. The number of benzene rings is 1. The number of amides is 1. The van der Waals surface area contributed by atoms with Gasteiger partial charge in [0.25, 0.3) is 11.8 Å². The van der Waals surface area contributed by atoms with Crippen molar-refractivity contribution in [2.75, 3.05) is 65.7 Å². The molecule has 1 spiro atoms. The number of hydrogen-bond donors (Lipinski definition) is 3. The lowest BCUT2D eigenvalue weighted by Crippen LogP contribution is -2.39. The van der Waals surface area contributed by atoms with Crippen LogP contribution in [0.4, 0.5) is 31.7 Å². The highest BCUT2D eigenvalue weighted by molar-refractivity contribution is 7.94. The van der Waals surface area contributed by atoms with E-state index in [0.717, 1.165) is 37.3 Å². The monoisotopic (exact) mass is 547 g/mol. The van der Waals surface area contributed by atoms with E-state index in [9.17, 15) is 13.6 Å². The molecule has 2 aliphatic heterocycles. The molecule has 0 bridgehead atoms. The van der Waals surface area contributed by atoms with Gasteiger partial charge in [-0.2, -0.15) is 0 Å². The van der Waals surface area contributed by atoms with Crippen LogP contribution in [0.15, 0.2) is 36.4 Å². The molecule has 3 N–H and O–H groups in total. The number of alkyl halides is 2. The minimum atomic E-state index is -2.64. The maximum atomic E-state index is 13.6. The molecule has 1 aromatic carbocycles. The van der Waals surface area contributed by atoms with Crippen LogP contribution in [0.1, 0.15) is 49.0 Å². The van der Waals surface area contributed by atoms with E-state index >= 15 is 0 Å². The van der Waals surface area contributed by atoms with Crippen LogP contribution in [0.3, 0.4) is 0 Å². The van der Waals surface area contributed by atoms with Crippen LogP contribution in [0.2, 0.25) is 0 Å². The summed E-state index contributed by atoms with van der Waals surface area (Å²) in [6, 6.07) is 10.9. The maximum absolute atomic E-state index is 13.6. The standard InChI is InChI=1S/C27H35F2N5O3S/c28-27(29)10-14-34(15-11-27)24-3-1-2-22(31-24)25(36)32-21-5-4-20(30-19-37-38-17-16-35)18-23(21)33-12-8-26(6-7-26)9-13-33/h1-5,18,30,35H,6-17,19H2,(H,32,36). The number of aliphatic hydroxyl groups excluding tert-OH is 1. The van der Waals surface area contributed by atoms with Crippen molar-refractivity contribution in [2.45, 2.75) is 44.4 Å². The van der Waals surface area contributed by atoms with E-state index < -0.39 is 5.92 Å². The summed E-state index contributed by atoms with van der Waals surface area (Å²) >= 11 is 1.20. The molecule has 1 saturated carbocycles. The second kappa shape index (κ2) is 11.6. The van der Waals surface area contributed by atoms with Crippen LogP contribution in [-0.2, 0) is 4.18 Å². The Hall–Kier alpha value is -2.63. The Bertz CT molecular complexity index is 1110. The summed E-state index contributed by atoms with van der Waals surface area (Å²) in [5, 5.41) is 15.2. The first-order valence-corrected chi connectivity index (χ1v) is 14.2. The zero-order valence-electron chi connectivity index (χ0n) is 21.4. The molecule has 206 valence electrons. The lowest BCUT2D eigenvalue weighted by Gasteiger charge is -2.35. The van der Waals surface area contributed by atoms with E-state index in [4.69, 9.17) is 9.29 Å². The van der Waals surface area contributed by atoms with Crippen molar-refractivity contribution in [1.82, 2.24) is 4.98 Å². The van der Waals surface area contributed by atoms with Gasteiger partial charge in [-0.05, 0) is 73.5 Å². The number of pyridine rings is 1. The largest absolute Gasteiger partial charge is 0.395 e. The maximum Gasteiger partial charge on any atom is 0.274 e. The molecule has 1 aromatic heterocycles. The molecule has 0 atom stereocenters. The van der Waals surface area contributed by atoms with Gasteiger partial charge in [-0.1, -0.05) is 6.07 Å². The summed E-state index contributed by atoms with van der Waals surface area (Å²) in [4.78, 5) is 21.9. The molecule has 38 heavy (non-hydrogen) atoms. The van der Waals surface area contributed by atoms with Crippen molar-refractivity contribution in [2.24, 2.45) is 5.41 Å². The Morgan fingerprint density at radius 1 is 1.03 bits per heavy atom. The SMILES string of the molecule is O=C(Nc1ccc(NCOSCCO)cc1N1CCC2(CC1)CC2)c1cccc(N2CCC(F)(F)CC2)n1. The molecular formula is C27H35F2N5O3S. The quantitative estimate of drug-likeness (QED) is 0.218. The Balaban J connectivity index is 1.29. The van der Waals surface area contributed by atoms with Gasteiger partial charge in [0.2, 0.25) is 0 Å². The molecule has 11 heteroatoms. The van der Waals surface area contributed by atoms with Gasteiger partial charge < -0.3 is 25.5 Å². The Morgan fingerprint density at radius 3 is 2.47 bits per heavy atom. The summed E-state index contributed by atoms with van der Waals surface area (Å²) in [7, 11) is 0. The van der Waals surface area contributed by atoms with Crippen LogP contribution >= 0.6 is 12.0 Å². The van der Waals surface area contributed by atoms with Crippen LogP contribution in [0.25, 0.3) is 0 Å². The number of carbonyl (C=O) groups is 1. The third kappa shape index (κ3) is 6.68. The number of halogens is 2. The molecule has 8 nitrogen and oxygen atoms in total. The summed E-state index contributed by atoms with van der Waals surface area (Å²) in [6.07, 6.45) is 4.50. The fourth-order valence-electron chi connectivity index (χ4n) is 5.13. The first-order chi connectivity index (χ1) is 18.4. The van der Waals surface area contributed by atoms with Gasteiger partial charge in [-0.25, -0.2) is 13.8 Å². The fourth-order valence-corrected chi connectivity index (χ4v) is 5.47. The van der Waals surface area contributed by atoms with Crippen molar-refractivity contribution < 1.29 is 22.9 Å². The van der Waals surface area contributed by atoms with Crippen LogP contribution < -0.4 is 20.4 Å². The predicted octanol–water partition coefficient (Wildman–Crippen LogP) is 4.98. The molecule has 2 aromatic rings. The molecule has 3 aliphatic rings. The first-order valence-electron chi connectivity index (χ1n) is 13.3. The highest BCUT2D eigenvalue weighted by atomic mass is 32.2. The van der Waals surface area contributed by atoms with Crippen molar-refractivity contribution in [1.29, 1.82) is 0 Å². The number of aromatic nitrogens is 1. The number of nitrogens with one attached hydrogen (secondary N) is 2. The third-order valence-corrected chi connectivity index (χ3v) is 8.38. The van der Waals surface area contributed by atoms with Gasteiger partial charge >= 0.3 is 0 Å². The summed E-state index contributed by atoms with van der Waals surface area (Å²) in [6.45, 7) is 2.64. The average molecular weight is 548 g/mol. The topological polar surface area (TPSA) is 90.0 Å². The lowest BCUT2D eigenvalue weighted by molar-refractivity contribution is -0.0221. The average Bonchev–Trinajstić information content (AvgIpc) is 3.68. The van der Waals surface area contributed by atoms with Crippen molar-refractivity contribution in [3.63, 3.8) is 0 Å². The number of rotatable bonds is 10. The number of aliphatic hydroxyl groups is 1. The second-order valence-corrected chi connectivity index (χ2v) is 11.3. The van der Waals surface area contributed by atoms with Crippen molar-refractivity contribution in [3.8, 4) is 0 Å². The van der Waals surface area contributed by atoms with Crippen molar-refractivity contribution >= 4 is 40.8 Å². The normalized spacial score (nSPS) is 19.9.